The van der Waals surface area contributed by atoms with Crippen molar-refractivity contribution in [2.45, 2.75) is 6.42 Å². The van der Waals surface area contributed by atoms with E-state index in [-0.39, 0.29) is 11.6 Å². The van der Waals surface area contributed by atoms with E-state index in [1.807, 2.05) is 0 Å². The zero-order valence-electron chi connectivity index (χ0n) is 7.84. The first kappa shape index (κ1) is 11.5. The van der Waals surface area contributed by atoms with E-state index in [9.17, 15) is 14.9 Å². The highest BCUT2D eigenvalue weighted by Crippen LogP contribution is 2.15. The molecule has 1 N–H and O–H groups in total. The number of carbonyl (C=O) groups is 1. The van der Waals surface area contributed by atoms with E-state index in [1.54, 1.807) is 0 Å². The molecule has 0 aliphatic heterocycles. The van der Waals surface area contributed by atoms with E-state index in [4.69, 9.17) is 0 Å². The first-order valence-corrected chi connectivity index (χ1v) is 4.92. The van der Waals surface area contributed by atoms with Crippen LogP contribution in [0.2, 0.25) is 0 Å². The second-order valence-corrected chi connectivity index (χ2v) is 3.27. The third-order valence-electron chi connectivity index (χ3n) is 1.70. The van der Waals surface area contributed by atoms with Crippen LogP contribution in [-0.4, -0.2) is 16.6 Å². The van der Waals surface area contributed by atoms with Gasteiger partial charge in [-0.25, -0.2) is 0 Å². The summed E-state index contributed by atoms with van der Waals surface area (Å²) in [5.74, 6) is 0.317. The van der Waals surface area contributed by atoms with Gasteiger partial charge >= 0.3 is 0 Å². The van der Waals surface area contributed by atoms with Gasteiger partial charge in [0.15, 0.2) is 0 Å². The molecule has 0 spiro atoms. The normalized spacial score (nSPS) is 9.67. The fourth-order valence-corrected chi connectivity index (χ4v) is 1.19. The SMILES string of the molecule is O=C(CCS)Nc1ccc([N+](=O)[O-])cc1. The Hall–Kier alpha value is -1.56. The minimum Gasteiger partial charge on any atom is -0.326 e. The Morgan fingerprint density at radius 1 is 1.40 bits per heavy atom. The Labute approximate surface area is 92.0 Å². The Kier molecular flexibility index (Phi) is 4.11. The average molecular weight is 226 g/mol. The molecule has 0 aliphatic rings. The summed E-state index contributed by atoms with van der Waals surface area (Å²) in [6, 6.07) is 5.68. The van der Waals surface area contributed by atoms with Crippen LogP contribution < -0.4 is 5.32 Å². The Morgan fingerprint density at radius 3 is 2.47 bits per heavy atom. The number of hydrogen-bond donors (Lipinski definition) is 2. The van der Waals surface area contributed by atoms with Crippen molar-refractivity contribution in [3.63, 3.8) is 0 Å². The van der Waals surface area contributed by atoms with E-state index in [1.165, 1.54) is 24.3 Å². The number of rotatable bonds is 4. The second kappa shape index (κ2) is 5.35. The molecule has 1 aromatic carbocycles. The van der Waals surface area contributed by atoms with Crippen LogP contribution in [0.3, 0.4) is 0 Å². The summed E-state index contributed by atoms with van der Waals surface area (Å²) >= 11 is 3.92. The Bertz CT molecular complexity index is 364. The van der Waals surface area contributed by atoms with Gasteiger partial charge in [-0.1, -0.05) is 0 Å². The molecule has 0 atom stereocenters. The van der Waals surface area contributed by atoms with Crippen LogP contribution in [0.1, 0.15) is 6.42 Å². The van der Waals surface area contributed by atoms with Gasteiger partial charge in [-0.2, -0.15) is 12.6 Å². The Morgan fingerprint density at radius 2 is 2.00 bits per heavy atom. The molecule has 6 heteroatoms. The van der Waals surface area contributed by atoms with E-state index in [0.717, 1.165) is 0 Å². The van der Waals surface area contributed by atoms with Crippen LogP contribution >= 0.6 is 12.6 Å². The minimum atomic E-state index is -0.487. The molecule has 0 aromatic heterocycles. The van der Waals surface area contributed by atoms with Crippen molar-refractivity contribution >= 4 is 29.9 Å². The van der Waals surface area contributed by atoms with Gasteiger partial charge in [0.05, 0.1) is 4.92 Å². The van der Waals surface area contributed by atoms with Crippen LogP contribution in [0.15, 0.2) is 24.3 Å². The van der Waals surface area contributed by atoms with Crippen molar-refractivity contribution in [3.05, 3.63) is 34.4 Å². The Balaban J connectivity index is 2.64. The lowest BCUT2D eigenvalue weighted by molar-refractivity contribution is -0.384. The molecule has 0 radical (unpaired) electrons. The largest absolute Gasteiger partial charge is 0.326 e. The molecular weight excluding hydrogens is 216 g/mol. The number of thiol groups is 1. The molecule has 15 heavy (non-hydrogen) atoms. The van der Waals surface area contributed by atoms with Gasteiger partial charge in [0.25, 0.3) is 5.69 Å². The number of hydrogen-bond acceptors (Lipinski definition) is 4. The third-order valence-corrected chi connectivity index (χ3v) is 1.92. The van der Waals surface area contributed by atoms with Crippen LogP contribution in [0.25, 0.3) is 0 Å². The maximum Gasteiger partial charge on any atom is 0.269 e. The number of nitrogens with zero attached hydrogens (tertiary/aromatic N) is 1. The van der Waals surface area contributed by atoms with E-state index < -0.39 is 4.92 Å². The highest BCUT2D eigenvalue weighted by atomic mass is 32.1. The van der Waals surface area contributed by atoms with Crippen LogP contribution in [-0.2, 0) is 4.79 Å². The molecule has 0 aliphatic carbocycles. The van der Waals surface area contributed by atoms with E-state index in [2.05, 4.69) is 17.9 Å². The molecule has 0 heterocycles. The number of non-ortho nitro benzene ring substituents is 1. The molecule has 0 saturated carbocycles. The fraction of sp³-hybridized carbons (Fsp3) is 0.222. The molecule has 5 nitrogen and oxygen atoms in total. The van der Waals surface area contributed by atoms with Crippen molar-refractivity contribution in [1.29, 1.82) is 0 Å². The molecule has 0 fully saturated rings. The van der Waals surface area contributed by atoms with Crippen LogP contribution in [0.5, 0.6) is 0 Å². The monoisotopic (exact) mass is 226 g/mol. The fourth-order valence-electron chi connectivity index (χ4n) is 0.992. The highest BCUT2D eigenvalue weighted by molar-refractivity contribution is 7.80. The predicted molar refractivity (Wildman–Crippen MR) is 60.2 cm³/mol. The average Bonchev–Trinajstić information content (AvgIpc) is 2.18. The molecule has 80 valence electrons. The predicted octanol–water partition coefficient (Wildman–Crippen LogP) is 1.85. The lowest BCUT2D eigenvalue weighted by Gasteiger charge is -2.02. The molecule has 0 bridgehead atoms. The lowest BCUT2D eigenvalue weighted by Crippen LogP contribution is -2.11. The quantitative estimate of drug-likeness (QED) is 0.467. The summed E-state index contributed by atoms with van der Waals surface area (Å²) < 4.78 is 0. The number of nitro benzene ring substituents is 1. The third kappa shape index (κ3) is 3.59. The standard InChI is InChI=1S/C9H10N2O3S/c12-9(5-6-15)10-7-1-3-8(4-2-7)11(13)14/h1-4,15H,5-6H2,(H,10,12). The molecule has 1 amide bonds. The van der Waals surface area contributed by atoms with Crippen molar-refractivity contribution in [2.75, 3.05) is 11.1 Å². The molecule has 0 unspecified atom stereocenters. The van der Waals surface area contributed by atoms with Crippen LogP contribution in [0, 0.1) is 10.1 Å². The number of carbonyl (C=O) groups excluding carboxylic acids is 1. The van der Waals surface area contributed by atoms with Gasteiger partial charge in [-0.3, -0.25) is 14.9 Å². The lowest BCUT2D eigenvalue weighted by atomic mass is 10.3. The summed E-state index contributed by atoms with van der Waals surface area (Å²) in [5, 5.41) is 12.9. The van der Waals surface area contributed by atoms with Gasteiger partial charge in [0.1, 0.15) is 0 Å². The van der Waals surface area contributed by atoms with E-state index in [0.29, 0.717) is 17.9 Å². The maximum atomic E-state index is 11.1. The smallest absolute Gasteiger partial charge is 0.269 e. The summed E-state index contributed by atoms with van der Waals surface area (Å²) in [6.45, 7) is 0. The summed E-state index contributed by atoms with van der Waals surface area (Å²) in [6.07, 6.45) is 0.320. The topological polar surface area (TPSA) is 72.2 Å². The highest BCUT2D eigenvalue weighted by Gasteiger charge is 2.05. The number of amides is 1. The molecule has 0 saturated heterocycles. The summed E-state index contributed by atoms with van der Waals surface area (Å²) in [4.78, 5) is 21.0. The number of benzene rings is 1. The van der Waals surface area contributed by atoms with Gasteiger partial charge in [0, 0.05) is 24.2 Å². The zero-order valence-corrected chi connectivity index (χ0v) is 8.74. The van der Waals surface area contributed by atoms with Crippen LogP contribution in [0.4, 0.5) is 11.4 Å². The first-order chi connectivity index (χ1) is 7.13. The van der Waals surface area contributed by atoms with Crippen molar-refractivity contribution < 1.29 is 9.72 Å². The van der Waals surface area contributed by atoms with E-state index >= 15 is 0 Å². The van der Waals surface area contributed by atoms with Gasteiger partial charge in [-0.05, 0) is 17.9 Å². The van der Waals surface area contributed by atoms with Crippen molar-refractivity contribution in [2.24, 2.45) is 0 Å². The number of anilines is 1. The van der Waals surface area contributed by atoms with Crippen molar-refractivity contribution in [1.82, 2.24) is 0 Å². The van der Waals surface area contributed by atoms with Gasteiger partial charge in [-0.15, -0.1) is 0 Å². The molecule has 1 rings (SSSR count). The summed E-state index contributed by atoms with van der Waals surface area (Å²) in [7, 11) is 0. The maximum absolute atomic E-state index is 11.1. The minimum absolute atomic E-state index is 0.00203. The van der Waals surface area contributed by atoms with Gasteiger partial charge in [0.2, 0.25) is 5.91 Å². The number of nitro groups is 1. The summed E-state index contributed by atoms with van der Waals surface area (Å²) in [5.41, 5.74) is 0.551. The van der Waals surface area contributed by atoms with Crippen molar-refractivity contribution in [3.8, 4) is 0 Å². The zero-order chi connectivity index (χ0) is 11.3. The molecular formula is C9H10N2O3S. The van der Waals surface area contributed by atoms with Gasteiger partial charge < -0.3 is 5.32 Å². The number of nitrogens with one attached hydrogen (secondary N) is 1. The molecule has 1 aromatic rings. The second-order valence-electron chi connectivity index (χ2n) is 2.83. The first-order valence-electron chi connectivity index (χ1n) is 4.28.